The molecule has 0 atom stereocenters. The average Bonchev–Trinajstić information content (AvgIpc) is 2.65. The maximum absolute atomic E-state index is 12.3. The molecule has 0 radical (unpaired) electrons. The molecule has 1 amide bonds. The highest BCUT2D eigenvalue weighted by Crippen LogP contribution is 2.17. The van der Waals surface area contributed by atoms with Crippen molar-refractivity contribution < 1.29 is 4.79 Å². The van der Waals surface area contributed by atoms with E-state index in [0.29, 0.717) is 28.7 Å². The first kappa shape index (κ1) is 16.8. The van der Waals surface area contributed by atoms with Crippen molar-refractivity contribution in [1.29, 1.82) is 0 Å². The Balaban J connectivity index is 2.59. The van der Waals surface area contributed by atoms with Crippen molar-refractivity contribution in [1.82, 2.24) is 19.7 Å². The summed E-state index contributed by atoms with van der Waals surface area (Å²) < 4.78 is 1.69. The van der Waals surface area contributed by atoms with Gasteiger partial charge in [0, 0.05) is 20.1 Å². The first-order valence-electron chi connectivity index (χ1n) is 6.86. The second-order valence-corrected chi connectivity index (χ2v) is 6.72. The topological polar surface area (TPSA) is 77.0 Å². The van der Waals surface area contributed by atoms with E-state index in [0.717, 1.165) is 13.1 Å². The van der Waals surface area contributed by atoms with E-state index in [9.17, 15) is 4.79 Å². The van der Waals surface area contributed by atoms with Gasteiger partial charge in [-0.05, 0) is 11.8 Å². The first-order chi connectivity index (χ1) is 9.31. The van der Waals surface area contributed by atoms with Gasteiger partial charge < -0.3 is 10.6 Å². The Morgan fingerprint density at radius 2 is 1.80 bits per heavy atom. The van der Waals surface area contributed by atoms with Crippen molar-refractivity contribution in [2.45, 2.75) is 32.9 Å². The van der Waals surface area contributed by atoms with E-state index in [2.05, 4.69) is 37.9 Å². The van der Waals surface area contributed by atoms with Crippen molar-refractivity contribution in [3.05, 3.63) is 0 Å². The minimum Gasteiger partial charge on any atom is -0.368 e. The molecule has 0 unspecified atom stereocenters. The fraction of sp³-hybridized carbons (Fsp3) is 0.769. The van der Waals surface area contributed by atoms with Gasteiger partial charge in [0.05, 0.1) is 5.75 Å². The van der Waals surface area contributed by atoms with E-state index in [4.69, 9.17) is 5.73 Å². The van der Waals surface area contributed by atoms with Crippen LogP contribution in [0.5, 0.6) is 0 Å². The predicted octanol–water partition coefficient (Wildman–Crippen LogP) is 1.63. The molecule has 2 N–H and O–H groups in total. The van der Waals surface area contributed by atoms with Crippen LogP contribution >= 0.6 is 11.8 Å². The highest BCUT2D eigenvalue weighted by Gasteiger charge is 2.17. The number of amides is 1. The monoisotopic (exact) mass is 299 g/mol. The van der Waals surface area contributed by atoms with E-state index in [1.54, 1.807) is 11.6 Å². The first-order valence-corrected chi connectivity index (χ1v) is 7.85. The number of nitrogens with two attached hydrogens (primary N) is 1. The number of nitrogens with zero attached hydrogens (tertiary/aromatic N) is 4. The molecular formula is C13H25N5OS. The van der Waals surface area contributed by atoms with Crippen molar-refractivity contribution in [2.24, 2.45) is 18.9 Å². The van der Waals surface area contributed by atoms with Crippen molar-refractivity contribution >= 4 is 23.6 Å². The number of rotatable bonds is 7. The molecule has 1 rings (SSSR count). The number of carbonyl (C=O) groups excluding carboxylic acids is 1. The zero-order valence-electron chi connectivity index (χ0n) is 13.0. The number of aromatic nitrogens is 3. The molecule has 0 bridgehead atoms. The molecule has 0 aromatic carbocycles. The quantitative estimate of drug-likeness (QED) is 0.774. The lowest BCUT2D eigenvalue weighted by Gasteiger charge is -2.26. The average molecular weight is 299 g/mol. The summed E-state index contributed by atoms with van der Waals surface area (Å²) in [5, 5.41) is 8.40. The van der Waals surface area contributed by atoms with Crippen LogP contribution in [-0.4, -0.2) is 44.4 Å². The molecule has 114 valence electrons. The largest absolute Gasteiger partial charge is 0.368 e. The summed E-state index contributed by atoms with van der Waals surface area (Å²) in [5.74, 6) is 1.80. The summed E-state index contributed by atoms with van der Waals surface area (Å²) in [6, 6.07) is 0. The van der Waals surface area contributed by atoms with Gasteiger partial charge in [0.1, 0.15) is 0 Å². The Morgan fingerprint density at radius 1 is 1.25 bits per heavy atom. The SMILES string of the molecule is CC(C)CN(CC(C)C)C(=O)CSc1nnc(N)n1C. The molecule has 0 aliphatic carbocycles. The zero-order valence-corrected chi connectivity index (χ0v) is 13.8. The van der Waals surface area contributed by atoms with Crippen LogP contribution in [0.3, 0.4) is 0 Å². The molecule has 1 aromatic heterocycles. The molecule has 0 fully saturated rings. The number of anilines is 1. The van der Waals surface area contributed by atoms with Crippen molar-refractivity contribution in [3.63, 3.8) is 0 Å². The van der Waals surface area contributed by atoms with Crippen molar-refractivity contribution in [3.8, 4) is 0 Å². The van der Waals surface area contributed by atoms with Gasteiger partial charge in [-0.2, -0.15) is 0 Å². The smallest absolute Gasteiger partial charge is 0.233 e. The molecule has 0 aliphatic rings. The van der Waals surface area contributed by atoms with Gasteiger partial charge in [-0.1, -0.05) is 39.5 Å². The molecule has 20 heavy (non-hydrogen) atoms. The van der Waals surface area contributed by atoms with Crippen LogP contribution in [0.25, 0.3) is 0 Å². The number of nitrogen functional groups attached to an aromatic ring is 1. The van der Waals surface area contributed by atoms with E-state index in [1.807, 2.05) is 4.90 Å². The molecule has 0 saturated carbocycles. The van der Waals surface area contributed by atoms with E-state index in [-0.39, 0.29) is 5.91 Å². The molecular weight excluding hydrogens is 274 g/mol. The van der Waals surface area contributed by atoms with Gasteiger partial charge >= 0.3 is 0 Å². The minimum atomic E-state index is 0.138. The van der Waals surface area contributed by atoms with Crippen molar-refractivity contribution in [2.75, 3.05) is 24.6 Å². The van der Waals surface area contributed by atoms with Gasteiger partial charge in [0.15, 0.2) is 5.16 Å². The normalized spacial score (nSPS) is 11.3. The fourth-order valence-corrected chi connectivity index (χ4v) is 2.65. The molecule has 0 spiro atoms. The highest BCUT2D eigenvalue weighted by atomic mass is 32.2. The van der Waals surface area contributed by atoms with E-state index in [1.165, 1.54) is 11.8 Å². The van der Waals surface area contributed by atoms with Crippen LogP contribution in [0.4, 0.5) is 5.95 Å². The molecule has 0 saturated heterocycles. The third-order valence-corrected chi connectivity index (χ3v) is 3.72. The summed E-state index contributed by atoms with van der Waals surface area (Å²) in [6.07, 6.45) is 0. The van der Waals surface area contributed by atoms with Crippen LogP contribution in [0.1, 0.15) is 27.7 Å². The Morgan fingerprint density at radius 3 is 2.20 bits per heavy atom. The Labute approximate surface area is 125 Å². The van der Waals surface area contributed by atoms with Gasteiger partial charge in [-0.3, -0.25) is 9.36 Å². The molecule has 6 nitrogen and oxygen atoms in total. The Kier molecular flexibility index (Phi) is 6.32. The minimum absolute atomic E-state index is 0.138. The van der Waals surface area contributed by atoms with Gasteiger partial charge in [0.25, 0.3) is 0 Å². The van der Waals surface area contributed by atoms with Crippen LogP contribution < -0.4 is 5.73 Å². The van der Waals surface area contributed by atoms with Crippen LogP contribution in [-0.2, 0) is 11.8 Å². The van der Waals surface area contributed by atoms with Gasteiger partial charge in [-0.25, -0.2) is 0 Å². The van der Waals surface area contributed by atoms with E-state index < -0.39 is 0 Å². The fourth-order valence-electron chi connectivity index (χ4n) is 1.83. The molecule has 1 aromatic rings. The number of hydrogen-bond acceptors (Lipinski definition) is 5. The Bertz CT molecular complexity index is 434. The second-order valence-electron chi connectivity index (χ2n) is 5.77. The Hall–Kier alpha value is -1.24. The van der Waals surface area contributed by atoms with Gasteiger partial charge in [0.2, 0.25) is 11.9 Å². The maximum atomic E-state index is 12.3. The number of thioether (sulfide) groups is 1. The van der Waals surface area contributed by atoms with Crippen LogP contribution in [0, 0.1) is 11.8 Å². The standard InChI is InChI=1S/C13H25N5OS/c1-9(2)6-18(7-10(3)4)11(19)8-20-13-16-15-12(14)17(13)5/h9-10H,6-8H2,1-5H3,(H2,14,15). The molecule has 7 heteroatoms. The molecule has 0 aliphatic heterocycles. The lowest BCUT2D eigenvalue weighted by molar-refractivity contribution is -0.129. The number of hydrogen-bond donors (Lipinski definition) is 1. The van der Waals surface area contributed by atoms with Crippen LogP contribution in [0.2, 0.25) is 0 Å². The third-order valence-electron chi connectivity index (χ3n) is 2.72. The summed E-state index contributed by atoms with van der Waals surface area (Å²) in [5.41, 5.74) is 5.62. The van der Waals surface area contributed by atoms with E-state index >= 15 is 0 Å². The summed E-state index contributed by atoms with van der Waals surface area (Å²) in [4.78, 5) is 14.3. The highest BCUT2D eigenvalue weighted by molar-refractivity contribution is 7.99. The second kappa shape index (κ2) is 7.52. The van der Waals surface area contributed by atoms with Gasteiger partial charge in [-0.15, -0.1) is 10.2 Å². The third kappa shape index (κ3) is 5.03. The predicted molar refractivity (Wildman–Crippen MR) is 82.4 cm³/mol. The lowest BCUT2D eigenvalue weighted by atomic mass is 10.1. The maximum Gasteiger partial charge on any atom is 0.233 e. The summed E-state index contributed by atoms with van der Waals surface area (Å²) in [7, 11) is 1.79. The summed E-state index contributed by atoms with van der Waals surface area (Å²) >= 11 is 1.38. The zero-order chi connectivity index (χ0) is 15.3. The lowest BCUT2D eigenvalue weighted by Crippen LogP contribution is -2.38. The molecule has 1 heterocycles. The number of carbonyl (C=O) groups is 1. The summed E-state index contributed by atoms with van der Waals surface area (Å²) in [6.45, 7) is 10.1. The van der Waals surface area contributed by atoms with Crippen LogP contribution in [0.15, 0.2) is 5.16 Å².